The van der Waals surface area contributed by atoms with Crippen molar-refractivity contribution in [2.45, 2.75) is 33.1 Å². The van der Waals surface area contributed by atoms with E-state index >= 15 is 0 Å². The quantitative estimate of drug-likeness (QED) is 0.706. The van der Waals surface area contributed by atoms with E-state index in [4.69, 9.17) is 4.74 Å². The number of benzene rings is 2. The van der Waals surface area contributed by atoms with Crippen LogP contribution >= 0.6 is 0 Å². The summed E-state index contributed by atoms with van der Waals surface area (Å²) in [5.41, 5.74) is 6.70. The van der Waals surface area contributed by atoms with Gasteiger partial charge in [-0.1, -0.05) is 6.07 Å². The predicted molar refractivity (Wildman–Crippen MR) is 106 cm³/mol. The van der Waals surface area contributed by atoms with E-state index in [1.54, 1.807) is 18.2 Å². The molecule has 0 atom stereocenters. The average molecular weight is 375 g/mol. The smallest absolute Gasteiger partial charge is 0.338 e. The van der Waals surface area contributed by atoms with Crippen LogP contribution in [0, 0.1) is 13.8 Å². The van der Waals surface area contributed by atoms with Crippen LogP contribution in [0.4, 0.5) is 5.69 Å². The maximum Gasteiger partial charge on any atom is 0.338 e. The summed E-state index contributed by atoms with van der Waals surface area (Å²) < 4.78 is 5.16. The minimum absolute atomic E-state index is 0.341. The molecule has 0 saturated carbocycles. The molecule has 1 aromatic heterocycles. The Labute approximate surface area is 163 Å². The number of anilines is 1. The molecule has 0 saturated heterocycles. The Morgan fingerprint density at radius 1 is 0.964 bits per heavy atom. The van der Waals surface area contributed by atoms with Gasteiger partial charge in [-0.05, 0) is 74.6 Å². The molecular formula is C22H21N3O3. The van der Waals surface area contributed by atoms with Gasteiger partial charge in [0.15, 0.2) is 6.61 Å². The summed E-state index contributed by atoms with van der Waals surface area (Å²) in [6, 6.07) is 10.9. The number of amides is 1. The number of esters is 1. The van der Waals surface area contributed by atoms with E-state index in [0.717, 1.165) is 36.3 Å². The minimum Gasteiger partial charge on any atom is -0.452 e. The average Bonchev–Trinajstić information content (AvgIpc) is 3.14. The zero-order valence-electron chi connectivity index (χ0n) is 15.9. The van der Waals surface area contributed by atoms with Crippen LogP contribution < -0.4 is 5.32 Å². The van der Waals surface area contributed by atoms with E-state index in [2.05, 4.69) is 15.3 Å². The number of nitrogens with zero attached hydrogens (tertiary/aromatic N) is 2. The predicted octanol–water partition coefficient (Wildman–Crippen LogP) is 3.53. The second-order valence-corrected chi connectivity index (χ2v) is 7.06. The highest BCUT2D eigenvalue weighted by atomic mass is 16.5. The molecule has 4 rings (SSSR count). The number of aromatic nitrogens is 2. The van der Waals surface area contributed by atoms with Crippen molar-refractivity contribution in [3.8, 4) is 0 Å². The van der Waals surface area contributed by atoms with Crippen LogP contribution in [-0.4, -0.2) is 28.5 Å². The molecule has 6 nitrogen and oxygen atoms in total. The second-order valence-electron chi connectivity index (χ2n) is 7.06. The Hall–Kier alpha value is -3.28. The number of hydrogen-bond donors (Lipinski definition) is 1. The number of aryl methyl sites for hydroxylation is 4. The molecule has 28 heavy (non-hydrogen) atoms. The summed E-state index contributed by atoms with van der Waals surface area (Å²) in [7, 11) is 0. The third-order valence-electron chi connectivity index (χ3n) is 5.03. The van der Waals surface area contributed by atoms with E-state index in [1.807, 2.05) is 32.0 Å². The first-order valence-corrected chi connectivity index (χ1v) is 9.33. The van der Waals surface area contributed by atoms with Crippen molar-refractivity contribution in [3.63, 3.8) is 0 Å². The highest BCUT2D eigenvalue weighted by molar-refractivity contribution is 5.97. The summed E-state index contributed by atoms with van der Waals surface area (Å²) in [6.07, 6.45) is 3.29. The summed E-state index contributed by atoms with van der Waals surface area (Å²) in [5.74, 6) is -0.927. The first-order valence-electron chi connectivity index (χ1n) is 9.33. The van der Waals surface area contributed by atoms with Crippen molar-refractivity contribution < 1.29 is 14.3 Å². The number of rotatable bonds is 4. The summed E-state index contributed by atoms with van der Waals surface area (Å²) in [5, 5.41) is 2.78. The standard InChI is InChI=1S/C22H21N3O3/c1-13-14(2)24-20-11-17(7-9-19(20)23-13)22(27)28-12-21(26)25-18-8-6-15-4-3-5-16(15)10-18/h6-11H,3-5,12H2,1-2H3,(H,25,26). The lowest BCUT2D eigenvalue weighted by molar-refractivity contribution is -0.119. The number of carbonyl (C=O) groups excluding carboxylic acids is 2. The van der Waals surface area contributed by atoms with Crippen LogP contribution in [0.15, 0.2) is 36.4 Å². The molecule has 0 radical (unpaired) electrons. The molecule has 1 amide bonds. The van der Waals surface area contributed by atoms with Crippen molar-refractivity contribution in [1.82, 2.24) is 9.97 Å². The van der Waals surface area contributed by atoms with Gasteiger partial charge in [0.2, 0.25) is 0 Å². The SMILES string of the molecule is Cc1nc2ccc(C(=O)OCC(=O)Nc3ccc4c(c3)CCC4)cc2nc1C. The molecule has 0 spiro atoms. The molecule has 6 heteroatoms. The summed E-state index contributed by atoms with van der Waals surface area (Å²) in [6.45, 7) is 3.42. The van der Waals surface area contributed by atoms with Gasteiger partial charge in [0.25, 0.3) is 5.91 Å². The molecule has 1 N–H and O–H groups in total. The van der Waals surface area contributed by atoms with Crippen LogP contribution in [0.5, 0.6) is 0 Å². The number of fused-ring (bicyclic) bond motifs is 2. The van der Waals surface area contributed by atoms with Gasteiger partial charge >= 0.3 is 5.97 Å². The maximum atomic E-state index is 12.3. The van der Waals surface area contributed by atoms with Gasteiger partial charge in [-0.25, -0.2) is 14.8 Å². The Kier molecular flexibility index (Phi) is 4.77. The molecular weight excluding hydrogens is 354 g/mol. The van der Waals surface area contributed by atoms with Gasteiger partial charge in [-0.2, -0.15) is 0 Å². The van der Waals surface area contributed by atoms with E-state index in [9.17, 15) is 9.59 Å². The number of carbonyl (C=O) groups is 2. The number of nitrogens with one attached hydrogen (secondary N) is 1. The fraction of sp³-hybridized carbons (Fsp3) is 0.273. The molecule has 1 aliphatic carbocycles. The highest BCUT2D eigenvalue weighted by Crippen LogP contribution is 2.24. The van der Waals surface area contributed by atoms with Gasteiger partial charge in [-0.15, -0.1) is 0 Å². The van der Waals surface area contributed by atoms with E-state index in [0.29, 0.717) is 16.6 Å². The van der Waals surface area contributed by atoms with Crippen LogP contribution in [0.1, 0.15) is 39.3 Å². The molecule has 0 aliphatic heterocycles. The molecule has 1 heterocycles. The van der Waals surface area contributed by atoms with Crippen LogP contribution in [0.3, 0.4) is 0 Å². The molecule has 0 bridgehead atoms. The van der Waals surface area contributed by atoms with E-state index in [-0.39, 0.29) is 12.5 Å². The Morgan fingerprint density at radius 3 is 2.54 bits per heavy atom. The summed E-state index contributed by atoms with van der Waals surface area (Å²) >= 11 is 0. The highest BCUT2D eigenvalue weighted by Gasteiger charge is 2.14. The van der Waals surface area contributed by atoms with E-state index < -0.39 is 5.97 Å². The lowest BCUT2D eigenvalue weighted by atomic mass is 10.1. The van der Waals surface area contributed by atoms with E-state index in [1.165, 1.54) is 11.1 Å². The van der Waals surface area contributed by atoms with Gasteiger partial charge in [0.1, 0.15) is 0 Å². The first-order chi connectivity index (χ1) is 13.5. The van der Waals surface area contributed by atoms with Crippen molar-refractivity contribution in [1.29, 1.82) is 0 Å². The number of hydrogen-bond acceptors (Lipinski definition) is 5. The van der Waals surface area contributed by atoms with Gasteiger partial charge < -0.3 is 10.1 Å². The minimum atomic E-state index is -0.564. The van der Waals surface area contributed by atoms with Crippen molar-refractivity contribution >= 4 is 28.6 Å². The maximum absolute atomic E-state index is 12.3. The molecule has 142 valence electrons. The van der Waals surface area contributed by atoms with Gasteiger partial charge in [-0.3, -0.25) is 4.79 Å². The third kappa shape index (κ3) is 3.71. The molecule has 1 aliphatic rings. The largest absolute Gasteiger partial charge is 0.452 e. The lowest BCUT2D eigenvalue weighted by Crippen LogP contribution is -2.21. The molecule has 3 aromatic rings. The monoisotopic (exact) mass is 375 g/mol. The second kappa shape index (κ2) is 7.38. The van der Waals surface area contributed by atoms with Crippen molar-refractivity contribution in [2.24, 2.45) is 0 Å². The van der Waals surface area contributed by atoms with Crippen molar-refractivity contribution in [2.75, 3.05) is 11.9 Å². The van der Waals surface area contributed by atoms with Crippen molar-refractivity contribution in [3.05, 3.63) is 64.5 Å². The van der Waals surface area contributed by atoms with Crippen LogP contribution in [0.25, 0.3) is 11.0 Å². The molecule has 0 fully saturated rings. The topological polar surface area (TPSA) is 81.2 Å². The Balaban J connectivity index is 1.39. The fourth-order valence-electron chi connectivity index (χ4n) is 3.42. The lowest BCUT2D eigenvalue weighted by Gasteiger charge is -2.09. The molecule has 0 unspecified atom stereocenters. The van der Waals surface area contributed by atoms with Crippen LogP contribution in [-0.2, 0) is 22.4 Å². The third-order valence-corrected chi connectivity index (χ3v) is 5.03. The first kappa shape index (κ1) is 18.1. The fourth-order valence-corrected chi connectivity index (χ4v) is 3.42. The Bertz CT molecular complexity index is 1090. The van der Waals surface area contributed by atoms with Gasteiger partial charge in [0.05, 0.1) is 28.0 Å². The normalized spacial score (nSPS) is 12.6. The van der Waals surface area contributed by atoms with Crippen LogP contribution in [0.2, 0.25) is 0 Å². The zero-order chi connectivity index (χ0) is 19.7. The zero-order valence-corrected chi connectivity index (χ0v) is 15.9. The molecule has 2 aromatic carbocycles. The summed E-state index contributed by atoms with van der Waals surface area (Å²) in [4.78, 5) is 33.3. The van der Waals surface area contributed by atoms with Gasteiger partial charge in [0, 0.05) is 5.69 Å². The Morgan fingerprint density at radius 2 is 1.71 bits per heavy atom. The number of ether oxygens (including phenoxy) is 1.